The first-order valence-electron chi connectivity index (χ1n) is 5.36. The van der Waals surface area contributed by atoms with E-state index in [1.54, 1.807) is 17.4 Å². The molecule has 0 saturated heterocycles. The summed E-state index contributed by atoms with van der Waals surface area (Å²) >= 11 is 7.69. The molecule has 0 aliphatic carbocycles. The van der Waals surface area contributed by atoms with Crippen molar-refractivity contribution in [1.29, 1.82) is 0 Å². The van der Waals surface area contributed by atoms with Crippen molar-refractivity contribution in [3.8, 4) is 11.3 Å². The molecule has 0 radical (unpaired) electrons. The number of hydrogen-bond donors (Lipinski definition) is 0. The fourth-order valence-electron chi connectivity index (χ4n) is 1.51. The van der Waals surface area contributed by atoms with Crippen LogP contribution in [0.25, 0.3) is 11.3 Å². The molecule has 0 aliphatic rings. The van der Waals surface area contributed by atoms with E-state index in [1.165, 1.54) is 4.88 Å². The van der Waals surface area contributed by atoms with E-state index in [4.69, 9.17) is 16.3 Å². The molecule has 2 heterocycles. The molecular formula is C12H13ClN2OS. The average Bonchev–Trinajstić information content (AvgIpc) is 2.72. The van der Waals surface area contributed by atoms with E-state index in [-0.39, 0.29) is 0 Å². The molecule has 0 fully saturated rings. The van der Waals surface area contributed by atoms with Gasteiger partial charge in [-0.3, -0.25) is 0 Å². The first-order valence-corrected chi connectivity index (χ1v) is 6.62. The van der Waals surface area contributed by atoms with Gasteiger partial charge in [0.25, 0.3) is 0 Å². The van der Waals surface area contributed by atoms with Crippen LogP contribution in [-0.2, 0) is 11.3 Å². The highest BCUT2D eigenvalue weighted by atomic mass is 35.5. The van der Waals surface area contributed by atoms with E-state index in [2.05, 4.69) is 16.9 Å². The number of ether oxygens (including phenoxy) is 1. The number of thiophene rings is 1. The quantitative estimate of drug-likeness (QED) is 0.793. The first kappa shape index (κ1) is 12.5. The minimum Gasteiger partial charge on any atom is -0.374 e. The van der Waals surface area contributed by atoms with Gasteiger partial charge in [0.05, 0.1) is 5.69 Å². The van der Waals surface area contributed by atoms with E-state index in [0.717, 1.165) is 11.3 Å². The minimum absolute atomic E-state index is 0.396. The Bertz CT molecular complexity index is 513. The zero-order valence-electron chi connectivity index (χ0n) is 9.74. The van der Waals surface area contributed by atoms with Crippen LogP contribution in [0.5, 0.6) is 0 Å². The number of rotatable bonds is 4. The Labute approximate surface area is 109 Å². The van der Waals surface area contributed by atoms with Gasteiger partial charge in [-0.25, -0.2) is 9.97 Å². The van der Waals surface area contributed by atoms with E-state index >= 15 is 0 Å². The third kappa shape index (κ3) is 3.03. The third-order valence-electron chi connectivity index (χ3n) is 2.31. The molecule has 5 heteroatoms. The predicted molar refractivity (Wildman–Crippen MR) is 70.4 cm³/mol. The molecular weight excluding hydrogens is 256 g/mol. The van der Waals surface area contributed by atoms with Crippen LogP contribution in [0.1, 0.15) is 17.6 Å². The van der Waals surface area contributed by atoms with Crippen molar-refractivity contribution in [1.82, 2.24) is 9.97 Å². The van der Waals surface area contributed by atoms with Gasteiger partial charge < -0.3 is 4.74 Å². The lowest BCUT2D eigenvalue weighted by atomic mass is 10.2. The number of hydrogen-bond acceptors (Lipinski definition) is 4. The van der Waals surface area contributed by atoms with Gasteiger partial charge in [0, 0.05) is 23.1 Å². The fourth-order valence-corrected chi connectivity index (χ4v) is 2.42. The number of aryl methyl sites for hydroxylation is 1. The SMILES string of the molecule is CCOCc1nc(Cl)cc(-c2ccsc2C)n1. The largest absolute Gasteiger partial charge is 0.374 e. The molecule has 0 amide bonds. The number of nitrogens with zero attached hydrogens (tertiary/aromatic N) is 2. The maximum absolute atomic E-state index is 5.99. The lowest BCUT2D eigenvalue weighted by molar-refractivity contribution is 0.128. The topological polar surface area (TPSA) is 35.0 Å². The molecule has 0 N–H and O–H groups in total. The highest BCUT2D eigenvalue weighted by Crippen LogP contribution is 2.27. The zero-order valence-corrected chi connectivity index (χ0v) is 11.3. The molecule has 2 aromatic heterocycles. The zero-order chi connectivity index (χ0) is 12.3. The summed E-state index contributed by atoms with van der Waals surface area (Å²) in [6.07, 6.45) is 0. The van der Waals surface area contributed by atoms with Crippen LogP contribution >= 0.6 is 22.9 Å². The monoisotopic (exact) mass is 268 g/mol. The van der Waals surface area contributed by atoms with Gasteiger partial charge in [-0.1, -0.05) is 11.6 Å². The third-order valence-corrected chi connectivity index (χ3v) is 3.35. The van der Waals surface area contributed by atoms with Crippen LogP contribution in [0.2, 0.25) is 5.15 Å². The van der Waals surface area contributed by atoms with Crippen molar-refractivity contribution in [2.75, 3.05) is 6.61 Å². The van der Waals surface area contributed by atoms with Gasteiger partial charge in [0.15, 0.2) is 5.82 Å². The van der Waals surface area contributed by atoms with E-state index in [0.29, 0.717) is 24.2 Å². The van der Waals surface area contributed by atoms with Crippen molar-refractivity contribution in [3.63, 3.8) is 0 Å². The molecule has 0 aromatic carbocycles. The molecule has 0 atom stereocenters. The Morgan fingerprint density at radius 1 is 1.41 bits per heavy atom. The summed E-state index contributed by atoms with van der Waals surface area (Å²) in [5.74, 6) is 0.625. The smallest absolute Gasteiger partial charge is 0.156 e. The van der Waals surface area contributed by atoms with Crippen molar-refractivity contribution >= 4 is 22.9 Å². The molecule has 0 saturated carbocycles. The number of halogens is 1. The molecule has 3 nitrogen and oxygen atoms in total. The second kappa shape index (κ2) is 5.58. The van der Waals surface area contributed by atoms with Gasteiger partial charge in [0.2, 0.25) is 0 Å². The molecule has 2 aromatic rings. The summed E-state index contributed by atoms with van der Waals surface area (Å²) in [4.78, 5) is 9.83. The molecule has 0 spiro atoms. The fraction of sp³-hybridized carbons (Fsp3) is 0.333. The summed E-state index contributed by atoms with van der Waals surface area (Å²) in [7, 11) is 0. The highest BCUT2D eigenvalue weighted by molar-refractivity contribution is 7.10. The Morgan fingerprint density at radius 2 is 2.24 bits per heavy atom. The second-order valence-electron chi connectivity index (χ2n) is 3.52. The van der Waals surface area contributed by atoms with E-state index in [1.807, 2.05) is 18.4 Å². The van der Waals surface area contributed by atoms with Crippen molar-refractivity contribution in [2.45, 2.75) is 20.5 Å². The Morgan fingerprint density at radius 3 is 2.88 bits per heavy atom. The summed E-state index contributed by atoms with van der Waals surface area (Å²) in [6, 6.07) is 3.83. The molecule has 0 unspecified atom stereocenters. The van der Waals surface area contributed by atoms with Crippen LogP contribution in [0.15, 0.2) is 17.5 Å². The predicted octanol–water partition coefficient (Wildman–Crippen LogP) is 3.70. The lowest BCUT2D eigenvalue weighted by Crippen LogP contribution is -2.00. The second-order valence-corrected chi connectivity index (χ2v) is 5.03. The van der Waals surface area contributed by atoms with Gasteiger partial charge in [-0.2, -0.15) is 0 Å². The summed E-state index contributed by atoms with van der Waals surface area (Å²) < 4.78 is 5.30. The van der Waals surface area contributed by atoms with E-state index in [9.17, 15) is 0 Å². The Balaban J connectivity index is 2.35. The Hall–Kier alpha value is -0.970. The van der Waals surface area contributed by atoms with E-state index < -0.39 is 0 Å². The minimum atomic E-state index is 0.396. The highest BCUT2D eigenvalue weighted by Gasteiger charge is 2.08. The van der Waals surface area contributed by atoms with Crippen LogP contribution < -0.4 is 0 Å². The molecule has 2 rings (SSSR count). The van der Waals surface area contributed by atoms with Gasteiger partial charge in [0.1, 0.15) is 11.8 Å². The summed E-state index contributed by atoms with van der Waals surface area (Å²) in [5, 5.41) is 2.50. The molecule has 90 valence electrons. The van der Waals surface area contributed by atoms with Crippen LogP contribution in [-0.4, -0.2) is 16.6 Å². The van der Waals surface area contributed by atoms with Crippen molar-refractivity contribution in [2.24, 2.45) is 0 Å². The number of aromatic nitrogens is 2. The normalized spacial score (nSPS) is 10.8. The lowest BCUT2D eigenvalue weighted by Gasteiger charge is -2.05. The molecule has 0 bridgehead atoms. The first-order chi connectivity index (χ1) is 8.20. The average molecular weight is 269 g/mol. The molecule has 17 heavy (non-hydrogen) atoms. The van der Waals surface area contributed by atoms with Gasteiger partial charge in [-0.15, -0.1) is 11.3 Å². The van der Waals surface area contributed by atoms with Gasteiger partial charge >= 0.3 is 0 Å². The summed E-state index contributed by atoms with van der Waals surface area (Å²) in [5.41, 5.74) is 1.97. The van der Waals surface area contributed by atoms with Crippen molar-refractivity contribution < 1.29 is 4.74 Å². The molecule has 0 aliphatic heterocycles. The van der Waals surface area contributed by atoms with Crippen LogP contribution in [0.3, 0.4) is 0 Å². The van der Waals surface area contributed by atoms with Crippen LogP contribution in [0.4, 0.5) is 0 Å². The van der Waals surface area contributed by atoms with Crippen molar-refractivity contribution in [3.05, 3.63) is 33.4 Å². The Kier molecular flexibility index (Phi) is 4.10. The standard InChI is InChI=1S/C12H13ClN2OS/c1-3-16-7-12-14-10(6-11(13)15-12)9-4-5-17-8(9)2/h4-6H,3,7H2,1-2H3. The van der Waals surface area contributed by atoms with Crippen LogP contribution in [0, 0.1) is 6.92 Å². The van der Waals surface area contributed by atoms with Gasteiger partial charge in [-0.05, 0) is 25.3 Å². The maximum atomic E-state index is 5.99. The summed E-state index contributed by atoms with van der Waals surface area (Å²) in [6.45, 7) is 5.04. The maximum Gasteiger partial charge on any atom is 0.156 e.